The molecule has 2 rings (SSSR count). The van der Waals surface area contributed by atoms with E-state index in [-0.39, 0.29) is 5.91 Å². The minimum atomic E-state index is 0.0564. The number of aryl methyl sites for hydroxylation is 1. The summed E-state index contributed by atoms with van der Waals surface area (Å²) in [5.41, 5.74) is 3.36. The van der Waals surface area contributed by atoms with Gasteiger partial charge in [0.05, 0.1) is 0 Å². The third-order valence-corrected chi connectivity index (χ3v) is 4.73. The molecule has 1 atom stereocenters. The minimum Gasteiger partial charge on any atom is -0.382 e. The molecule has 0 saturated heterocycles. The molecule has 1 N–H and O–H groups in total. The quantitative estimate of drug-likeness (QED) is 0.909. The maximum Gasteiger partial charge on any atom is 0.253 e. The normalized spacial score (nSPS) is 20.9. The second-order valence-corrected chi connectivity index (χ2v) is 7.16. The molecule has 3 nitrogen and oxygen atoms in total. The number of rotatable bonds is 3. The molecular weight excluding hydrogens is 260 g/mol. The van der Waals surface area contributed by atoms with Gasteiger partial charge in [-0.2, -0.15) is 0 Å². The van der Waals surface area contributed by atoms with Gasteiger partial charge in [-0.25, -0.2) is 0 Å². The lowest BCUT2D eigenvalue weighted by Crippen LogP contribution is -2.39. The highest BCUT2D eigenvalue weighted by Gasteiger charge is 2.32. The van der Waals surface area contributed by atoms with Gasteiger partial charge in [0.2, 0.25) is 0 Å². The van der Waals surface area contributed by atoms with Crippen molar-refractivity contribution in [3.8, 4) is 0 Å². The van der Waals surface area contributed by atoms with Gasteiger partial charge in [-0.1, -0.05) is 32.8 Å². The highest BCUT2D eigenvalue weighted by molar-refractivity contribution is 5.95. The van der Waals surface area contributed by atoms with Crippen molar-refractivity contribution in [1.82, 2.24) is 4.90 Å². The Morgan fingerprint density at radius 1 is 1.29 bits per heavy atom. The fraction of sp³-hybridized carbons (Fsp3) is 0.611. The molecule has 1 amide bonds. The van der Waals surface area contributed by atoms with Gasteiger partial charge in [-0.05, 0) is 42.9 Å². The van der Waals surface area contributed by atoms with Crippen LogP contribution in [0.3, 0.4) is 0 Å². The van der Waals surface area contributed by atoms with Crippen LogP contribution < -0.4 is 5.32 Å². The second-order valence-electron chi connectivity index (χ2n) is 7.16. The van der Waals surface area contributed by atoms with Crippen LogP contribution in [0.15, 0.2) is 18.2 Å². The summed E-state index contributed by atoms with van der Waals surface area (Å²) >= 11 is 0. The molecule has 0 heterocycles. The largest absolute Gasteiger partial charge is 0.382 e. The molecule has 21 heavy (non-hydrogen) atoms. The predicted molar refractivity (Wildman–Crippen MR) is 88.9 cm³/mol. The molecule has 0 spiro atoms. The van der Waals surface area contributed by atoms with E-state index in [2.05, 4.69) is 26.1 Å². The number of carbonyl (C=O) groups excluding carboxylic acids is 1. The van der Waals surface area contributed by atoms with E-state index >= 15 is 0 Å². The number of hydrogen-bond acceptors (Lipinski definition) is 2. The highest BCUT2D eigenvalue weighted by Crippen LogP contribution is 2.37. The lowest BCUT2D eigenvalue weighted by atomic mass is 9.73. The van der Waals surface area contributed by atoms with Gasteiger partial charge < -0.3 is 10.2 Å². The number of carbonyl (C=O) groups is 1. The molecule has 1 saturated carbocycles. The first-order chi connectivity index (χ1) is 9.81. The molecule has 1 aliphatic carbocycles. The van der Waals surface area contributed by atoms with E-state index in [1.54, 1.807) is 19.0 Å². The molecule has 0 aromatic heterocycles. The monoisotopic (exact) mass is 288 g/mol. The predicted octanol–water partition coefficient (Wildman–Crippen LogP) is 4.08. The summed E-state index contributed by atoms with van der Waals surface area (Å²) in [7, 11) is 3.58. The van der Waals surface area contributed by atoms with Crippen molar-refractivity contribution in [3.63, 3.8) is 0 Å². The Kier molecular flexibility index (Phi) is 4.60. The molecular formula is C18H28N2O. The van der Waals surface area contributed by atoms with E-state index < -0.39 is 0 Å². The molecule has 0 aliphatic heterocycles. The smallest absolute Gasteiger partial charge is 0.253 e. The first-order valence-corrected chi connectivity index (χ1v) is 7.90. The van der Waals surface area contributed by atoms with Crippen molar-refractivity contribution < 1.29 is 4.79 Å². The van der Waals surface area contributed by atoms with Crippen LogP contribution in [0.4, 0.5) is 5.69 Å². The Balaban J connectivity index is 2.23. The summed E-state index contributed by atoms with van der Waals surface area (Å²) in [6.07, 6.45) is 5.08. The molecule has 116 valence electrons. The Bertz CT molecular complexity index is 520. The average Bonchev–Trinajstić information content (AvgIpc) is 2.42. The summed E-state index contributed by atoms with van der Waals surface area (Å²) in [6, 6.07) is 6.43. The van der Waals surface area contributed by atoms with Crippen molar-refractivity contribution >= 4 is 11.6 Å². The van der Waals surface area contributed by atoms with E-state index in [0.717, 1.165) is 11.3 Å². The summed E-state index contributed by atoms with van der Waals surface area (Å²) in [5.74, 6) is 0.0564. The Labute approximate surface area is 128 Å². The SMILES string of the molecule is Cc1ccc(C(=O)N(C)C)cc1NC1CCCCC1(C)C. The fourth-order valence-electron chi connectivity index (χ4n) is 3.12. The van der Waals surface area contributed by atoms with E-state index in [4.69, 9.17) is 0 Å². The van der Waals surface area contributed by atoms with Crippen LogP contribution >= 0.6 is 0 Å². The summed E-state index contributed by atoms with van der Waals surface area (Å²) < 4.78 is 0. The van der Waals surface area contributed by atoms with Gasteiger partial charge in [0.15, 0.2) is 0 Å². The van der Waals surface area contributed by atoms with Crippen molar-refractivity contribution in [2.24, 2.45) is 5.41 Å². The first-order valence-electron chi connectivity index (χ1n) is 7.90. The minimum absolute atomic E-state index is 0.0564. The molecule has 1 unspecified atom stereocenters. The zero-order valence-corrected chi connectivity index (χ0v) is 14.0. The van der Waals surface area contributed by atoms with Crippen LogP contribution in [-0.4, -0.2) is 30.9 Å². The van der Waals surface area contributed by atoms with Crippen molar-refractivity contribution in [2.45, 2.75) is 52.5 Å². The van der Waals surface area contributed by atoms with Gasteiger partial charge in [-0.15, -0.1) is 0 Å². The van der Waals surface area contributed by atoms with Gasteiger partial charge in [0.1, 0.15) is 0 Å². The standard InChI is InChI=1S/C18H28N2O/c1-13-9-10-14(17(21)20(4)5)12-15(13)19-16-8-6-7-11-18(16,2)3/h9-10,12,16,19H,6-8,11H2,1-5H3. The van der Waals surface area contributed by atoms with Crippen LogP contribution in [0.5, 0.6) is 0 Å². The topological polar surface area (TPSA) is 32.3 Å². The van der Waals surface area contributed by atoms with Crippen LogP contribution in [0.25, 0.3) is 0 Å². The molecule has 1 aromatic rings. The maximum absolute atomic E-state index is 12.1. The molecule has 3 heteroatoms. The van der Waals surface area contributed by atoms with Crippen molar-refractivity contribution in [2.75, 3.05) is 19.4 Å². The number of hydrogen-bond donors (Lipinski definition) is 1. The number of amides is 1. The van der Waals surface area contributed by atoms with E-state index in [0.29, 0.717) is 11.5 Å². The molecule has 0 radical (unpaired) electrons. The second kappa shape index (κ2) is 6.08. The Morgan fingerprint density at radius 2 is 2.00 bits per heavy atom. The molecule has 1 fully saturated rings. The first kappa shape index (κ1) is 15.9. The molecule has 0 bridgehead atoms. The lowest BCUT2D eigenvalue weighted by molar-refractivity contribution is 0.0827. The van der Waals surface area contributed by atoms with E-state index in [9.17, 15) is 4.79 Å². The highest BCUT2D eigenvalue weighted by atomic mass is 16.2. The van der Waals surface area contributed by atoms with Crippen molar-refractivity contribution in [1.29, 1.82) is 0 Å². The summed E-state index contributed by atoms with van der Waals surface area (Å²) in [4.78, 5) is 13.7. The van der Waals surface area contributed by atoms with Crippen LogP contribution in [-0.2, 0) is 0 Å². The lowest BCUT2D eigenvalue weighted by Gasteiger charge is -2.40. The van der Waals surface area contributed by atoms with Gasteiger partial charge in [-0.3, -0.25) is 4.79 Å². The third kappa shape index (κ3) is 3.58. The summed E-state index contributed by atoms with van der Waals surface area (Å²) in [6.45, 7) is 6.78. The third-order valence-electron chi connectivity index (χ3n) is 4.73. The Morgan fingerprint density at radius 3 is 2.62 bits per heavy atom. The average molecular weight is 288 g/mol. The zero-order chi connectivity index (χ0) is 15.6. The molecule has 1 aliphatic rings. The number of anilines is 1. The van der Waals surface area contributed by atoms with Crippen LogP contribution in [0.2, 0.25) is 0 Å². The van der Waals surface area contributed by atoms with E-state index in [1.165, 1.54) is 31.2 Å². The van der Waals surface area contributed by atoms with Crippen molar-refractivity contribution in [3.05, 3.63) is 29.3 Å². The van der Waals surface area contributed by atoms with Gasteiger partial charge >= 0.3 is 0 Å². The maximum atomic E-state index is 12.1. The van der Waals surface area contributed by atoms with Gasteiger partial charge in [0, 0.05) is 31.4 Å². The zero-order valence-electron chi connectivity index (χ0n) is 14.0. The van der Waals surface area contributed by atoms with Crippen LogP contribution in [0, 0.1) is 12.3 Å². The van der Waals surface area contributed by atoms with Crippen LogP contribution in [0.1, 0.15) is 55.5 Å². The molecule has 1 aromatic carbocycles. The number of nitrogens with zero attached hydrogens (tertiary/aromatic N) is 1. The summed E-state index contributed by atoms with van der Waals surface area (Å²) in [5, 5.41) is 3.70. The number of nitrogens with one attached hydrogen (secondary N) is 1. The van der Waals surface area contributed by atoms with E-state index in [1.807, 2.05) is 18.2 Å². The Hall–Kier alpha value is -1.51. The van der Waals surface area contributed by atoms with Gasteiger partial charge in [0.25, 0.3) is 5.91 Å². The fourth-order valence-corrected chi connectivity index (χ4v) is 3.12. The number of benzene rings is 1.